The van der Waals surface area contributed by atoms with Crippen LogP contribution in [0, 0.1) is 0 Å². The third kappa shape index (κ3) is 12.4. The maximum Gasteiger partial charge on any atom is 0.490 e. The monoisotopic (exact) mass is 724 g/mol. The van der Waals surface area contributed by atoms with Crippen molar-refractivity contribution in [2.24, 2.45) is 0 Å². The summed E-state index contributed by atoms with van der Waals surface area (Å²) in [5, 5.41) is 24.6. The van der Waals surface area contributed by atoms with Gasteiger partial charge in [-0.15, -0.1) is 11.3 Å². The number of aromatic nitrogens is 3. The number of hydrogen-bond donors (Lipinski definition) is 3. The molecule has 268 valence electrons. The van der Waals surface area contributed by atoms with E-state index in [9.17, 15) is 39.5 Å². The normalized spacial score (nSPS) is 17.4. The molecule has 0 aliphatic carbocycles. The number of piperazine rings is 1. The largest absolute Gasteiger partial charge is 0.490 e. The molecule has 5 rings (SSSR count). The SMILES string of the molecule is CN1CCN(Cc2nccs2)CC1c1cn2c(N3CCCC3)cccc2n1.O=C(O)C(F)(F)F.O=C(O)C(F)(F)F.O=C(O)C(F)(F)F. The number of carbonyl (C=O) groups is 3. The molecule has 5 heterocycles. The maximum absolute atomic E-state index is 10.6. The van der Waals surface area contributed by atoms with Crippen LogP contribution in [0.1, 0.15) is 29.6 Å². The number of anilines is 1. The highest BCUT2D eigenvalue weighted by molar-refractivity contribution is 7.09. The van der Waals surface area contributed by atoms with Crippen molar-refractivity contribution in [3.63, 3.8) is 0 Å². The first kappa shape index (κ1) is 40.0. The Labute approximate surface area is 269 Å². The smallest absolute Gasteiger partial charge is 0.475 e. The van der Waals surface area contributed by atoms with Crippen molar-refractivity contribution in [2.75, 3.05) is 44.7 Å². The van der Waals surface area contributed by atoms with Gasteiger partial charge in [-0.2, -0.15) is 39.5 Å². The molecule has 2 aliphatic heterocycles. The Hall–Kier alpha value is -4.18. The van der Waals surface area contributed by atoms with E-state index in [-0.39, 0.29) is 0 Å². The van der Waals surface area contributed by atoms with Gasteiger partial charge in [0.1, 0.15) is 16.5 Å². The summed E-state index contributed by atoms with van der Waals surface area (Å²) in [6.45, 7) is 6.38. The summed E-state index contributed by atoms with van der Waals surface area (Å²) >= 11 is 1.74. The number of halogens is 9. The second-order valence-corrected chi connectivity index (χ2v) is 11.0. The van der Waals surface area contributed by atoms with Crippen molar-refractivity contribution in [2.45, 2.75) is 44.0 Å². The number of carboxylic acids is 3. The van der Waals surface area contributed by atoms with Crippen LogP contribution in [-0.2, 0) is 20.9 Å². The summed E-state index contributed by atoms with van der Waals surface area (Å²) in [6.07, 6.45) is -8.52. The maximum atomic E-state index is 10.6. The van der Waals surface area contributed by atoms with Crippen molar-refractivity contribution in [3.8, 4) is 0 Å². The molecular formula is C26H29F9N6O6S. The molecule has 0 bridgehead atoms. The van der Waals surface area contributed by atoms with E-state index in [0.29, 0.717) is 6.04 Å². The van der Waals surface area contributed by atoms with Crippen molar-refractivity contribution >= 4 is 40.7 Å². The number of pyridine rings is 1. The lowest BCUT2D eigenvalue weighted by molar-refractivity contribution is -0.193. The number of likely N-dealkylation sites (N-methyl/N-ethyl adjacent to an activating group) is 1. The quantitative estimate of drug-likeness (QED) is 0.319. The minimum Gasteiger partial charge on any atom is -0.475 e. The fourth-order valence-corrected chi connectivity index (χ4v) is 4.95. The molecule has 2 saturated heterocycles. The molecule has 0 saturated carbocycles. The Bertz CT molecular complexity index is 1430. The molecule has 2 aliphatic rings. The molecule has 3 aromatic rings. The number of imidazole rings is 1. The molecule has 0 aromatic carbocycles. The zero-order chi connectivity index (χ0) is 36.4. The lowest BCUT2D eigenvalue weighted by Crippen LogP contribution is -2.46. The van der Waals surface area contributed by atoms with Gasteiger partial charge in [0, 0.05) is 50.5 Å². The van der Waals surface area contributed by atoms with Crippen LogP contribution >= 0.6 is 11.3 Å². The minimum atomic E-state index is -5.08. The van der Waals surface area contributed by atoms with E-state index in [1.54, 1.807) is 11.3 Å². The number of aliphatic carboxylic acids is 3. The first-order valence-corrected chi connectivity index (χ1v) is 14.4. The molecule has 3 N–H and O–H groups in total. The summed E-state index contributed by atoms with van der Waals surface area (Å²) in [7, 11) is 2.22. The Balaban J connectivity index is 0.000000313. The average molecular weight is 725 g/mol. The van der Waals surface area contributed by atoms with E-state index in [4.69, 9.17) is 34.7 Å². The molecule has 1 atom stereocenters. The number of fused-ring (bicyclic) bond motifs is 1. The summed E-state index contributed by atoms with van der Waals surface area (Å²) in [5.74, 6) is -6.99. The number of carboxylic acid groups (broad SMARTS) is 3. The Kier molecular flexibility index (Phi) is 14.0. The fourth-order valence-electron chi connectivity index (χ4n) is 4.30. The second-order valence-electron chi connectivity index (χ2n) is 10.0. The van der Waals surface area contributed by atoms with Crippen LogP contribution in [0.2, 0.25) is 0 Å². The zero-order valence-corrected chi connectivity index (χ0v) is 25.6. The molecule has 1 unspecified atom stereocenters. The predicted octanol–water partition coefficient (Wildman–Crippen LogP) is 4.78. The molecule has 48 heavy (non-hydrogen) atoms. The van der Waals surface area contributed by atoms with Crippen molar-refractivity contribution in [1.29, 1.82) is 0 Å². The van der Waals surface area contributed by atoms with Crippen LogP contribution < -0.4 is 4.90 Å². The number of rotatable bonds is 4. The highest BCUT2D eigenvalue weighted by atomic mass is 32.1. The molecule has 22 heteroatoms. The molecule has 0 radical (unpaired) electrons. The lowest BCUT2D eigenvalue weighted by atomic mass is 10.1. The van der Waals surface area contributed by atoms with Crippen molar-refractivity contribution in [1.82, 2.24) is 24.2 Å². The first-order chi connectivity index (χ1) is 22.1. The van der Waals surface area contributed by atoms with Crippen molar-refractivity contribution < 1.29 is 69.2 Å². The number of thiazole rings is 1. The van der Waals surface area contributed by atoms with Gasteiger partial charge in [0.05, 0.1) is 18.3 Å². The summed E-state index contributed by atoms with van der Waals surface area (Å²) < 4.78 is 97.5. The number of hydrogen-bond acceptors (Lipinski definition) is 9. The standard InChI is InChI=1S/C20H26N6S.3C2HF3O2/c1-23-10-11-24(15-19-21-7-12-27-19)14-17(23)16-13-26-18(22-16)5-4-6-20(26)25-8-2-3-9-25;3*3-2(4,5)1(6)7/h4-7,12-13,17H,2-3,8-11,14-15H2,1H3;3*(H,6,7). The van der Waals surface area contributed by atoms with E-state index in [1.165, 1.54) is 29.4 Å². The number of alkyl halides is 9. The molecular weight excluding hydrogens is 695 g/mol. The Morgan fingerprint density at radius 2 is 1.38 bits per heavy atom. The second kappa shape index (κ2) is 16.8. The van der Waals surface area contributed by atoms with Gasteiger partial charge in [-0.25, -0.2) is 24.4 Å². The highest BCUT2D eigenvalue weighted by Gasteiger charge is 2.39. The van der Waals surface area contributed by atoms with Crippen molar-refractivity contribution in [3.05, 3.63) is 46.7 Å². The minimum absolute atomic E-state index is 0.324. The van der Waals surface area contributed by atoms with Gasteiger partial charge in [-0.1, -0.05) is 6.07 Å². The topological polar surface area (TPSA) is 152 Å². The summed E-state index contributed by atoms with van der Waals surface area (Å²) in [4.78, 5) is 43.6. The van der Waals surface area contributed by atoms with Gasteiger partial charge >= 0.3 is 36.4 Å². The first-order valence-electron chi connectivity index (χ1n) is 13.6. The average Bonchev–Trinajstić information content (AvgIpc) is 3.76. The fraction of sp³-hybridized carbons (Fsp3) is 0.500. The van der Waals surface area contributed by atoms with Gasteiger partial charge in [-0.3, -0.25) is 14.2 Å². The van der Waals surface area contributed by atoms with E-state index >= 15 is 0 Å². The number of nitrogens with zero attached hydrogens (tertiary/aromatic N) is 6. The van der Waals surface area contributed by atoms with Gasteiger partial charge in [0.25, 0.3) is 0 Å². The van der Waals surface area contributed by atoms with Crippen LogP contribution in [0.5, 0.6) is 0 Å². The summed E-state index contributed by atoms with van der Waals surface area (Å²) in [5.41, 5.74) is 2.23. The van der Waals surface area contributed by atoms with Crippen LogP contribution in [0.15, 0.2) is 36.0 Å². The Morgan fingerprint density at radius 1 is 0.854 bits per heavy atom. The van der Waals surface area contributed by atoms with Crippen LogP contribution in [0.4, 0.5) is 45.3 Å². The molecule has 2 fully saturated rings. The van der Waals surface area contributed by atoms with Gasteiger partial charge in [0.2, 0.25) is 0 Å². The van der Waals surface area contributed by atoms with Gasteiger partial charge in [-0.05, 0) is 32.0 Å². The predicted molar refractivity (Wildman–Crippen MR) is 150 cm³/mol. The Morgan fingerprint density at radius 3 is 1.83 bits per heavy atom. The molecule has 0 spiro atoms. The van der Waals surface area contributed by atoms with E-state index in [1.807, 2.05) is 6.20 Å². The third-order valence-corrected chi connectivity index (χ3v) is 7.33. The van der Waals surface area contributed by atoms with Gasteiger partial charge in [0.15, 0.2) is 0 Å². The van der Waals surface area contributed by atoms with Gasteiger partial charge < -0.3 is 20.2 Å². The molecule has 12 nitrogen and oxygen atoms in total. The van der Waals surface area contributed by atoms with Crippen LogP contribution in [-0.4, -0.2) is 116 Å². The van der Waals surface area contributed by atoms with Crippen LogP contribution in [0.25, 0.3) is 5.65 Å². The molecule has 3 aromatic heterocycles. The van der Waals surface area contributed by atoms with E-state index in [2.05, 4.69) is 60.9 Å². The zero-order valence-electron chi connectivity index (χ0n) is 24.8. The lowest BCUT2D eigenvalue weighted by Gasteiger charge is -2.38. The van der Waals surface area contributed by atoms with E-state index in [0.717, 1.165) is 44.9 Å². The molecule has 0 amide bonds. The van der Waals surface area contributed by atoms with E-state index < -0.39 is 36.4 Å². The highest BCUT2D eigenvalue weighted by Crippen LogP contribution is 2.28. The van der Waals surface area contributed by atoms with Crippen LogP contribution in [0.3, 0.4) is 0 Å². The third-order valence-electron chi connectivity index (χ3n) is 6.56. The summed E-state index contributed by atoms with van der Waals surface area (Å²) in [6, 6.07) is 6.81.